The minimum atomic E-state index is -0.0867. The van der Waals surface area contributed by atoms with Crippen molar-refractivity contribution in [2.24, 2.45) is 0 Å². The van der Waals surface area contributed by atoms with Gasteiger partial charge in [-0.05, 0) is 55.5 Å². The zero-order valence-corrected chi connectivity index (χ0v) is 18.1. The van der Waals surface area contributed by atoms with Gasteiger partial charge in [-0.25, -0.2) is 0 Å². The molecule has 0 radical (unpaired) electrons. The summed E-state index contributed by atoms with van der Waals surface area (Å²) in [6.07, 6.45) is 0.421. The molecule has 0 aliphatic carbocycles. The number of benzene rings is 2. The van der Waals surface area contributed by atoms with E-state index in [4.69, 9.17) is 17.0 Å². The number of para-hydroxylation sites is 1. The summed E-state index contributed by atoms with van der Waals surface area (Å²) in [5.41, 5.74) is 7.48. The Labute approximate surface area is 183 Å². The van der Waals surface area contributed by atoms with E-state index in [1.165, 1.54) is 5.69 Å². The summed E-state index contributed by atoms with van der Waals surface area (Å²) in [7, 11) is 0. The molecule has 8 heteroatoms. The number of nitrogens with one attached hydrogen (secondary N) is 3. The van der Waals surface area contributed by atoms with Crippen LogP contribution in [0.3, 0.4) is 0 Å². The Kier molecular flexibility index (Phi) is 8.29. The number of carbonyl (C=O) groups is 1. The Balaban J connectivity index is 1.31. The summed E-state index contributed by atoms with van der Waals surface area (Å²) in [6.45, 7) is 7.15. The highest BCUT2D eigenvalue weighted by Crippen LogP contribution is 2.16. The van der Waals surface area contributed by atoms with Crippen molar-refractivity contribution < 1.29 is 9.53 Å². The van der Waals surface area contributed by atoms with Crippen LogP contribution in [-0.4, -0.2) is 55.3 Å². The molecule has 3 N–H and O–H groups in total. The van der Waals surface area contributed by atoms with E-state index < -0.39 is 0 Å². The van der Waals surface area contributed by atoms with Gasteiger partial charge in [0.25, 0.3) is 0 Å². The molecule has 3 rings (SSSR count). The first-order valence-electron chi connectivity index (χ1n) is 10.2. The fourth-order valence-electron chi connectivity index (χ4n) is 3.28. The topological polar surface area (TPSA) is 68.9 Å². The van der Waals surface area contributed by atoms with E-state index in [9.17, 15) is 4.79 Å². The largest absolute Gasteiger partial charge is 0.494 e. The van der Waals surface area contributed by atoms with Gasteiger partial charge in [0.2, 0.25) is 5.91 Å². The fraction of sp³-hybridized carbons (Fsp3) is 0.364. The molecule has 0 atom stereocenters. The van der Waals surface area contributed by atoms with E-state index in [1.54, 1.807) is 0 Å². The van der Waals surface area contributed by atoms with E-state index in [0.717, 1.165) is 44.2 Å². The molecule has 30 heavy (non-hydrogen) atoms. The lowest BCUT2D eigenvalue weighted by atomic mass is 10.2. The quantitative estimate of drug-likeness (QED) is 0.464. The molecule has 1 aliphatic rings. The van der Waals surface area contributed by atoms with Crippen molar-refractivity contribution in [3.63, 3.8) is 0 Å². The summed E-state index contributed by atoms with van der Waals surface area (Å²) in [4.78, 5) is 16.8. The van der Waals surface area contributed by atoms with Gasteiger partial charge in [-0.2, -0.15) is 0 Å². The number of carbonyl (C=O) groups excluding carboxylic acids is 1. The summed E-state index contributed by atoms with van der Waals surface area (Å²) in [6, 6.07) is 17.9. The summed E-state index contributed by atoms with van der Waals surface area (Å²) < 4.78 is 5.41. The standard InChI is InChI=1S/C22H29N5O2S/c1-2-29-20-10-8-18(9-11-20)23-22(30)25-24-21(28)12-13-26-14-16-27(17-15-26)19-6-4-3-5-7-19/h3-11H,2,12-17H2,1H3,(H,24,28)(H2,23,25,30). The predicted octanol–water partition coefficient (Wildman–Crippen LogP) is 2.62. The number of rotatable bonds is 7. The molecule has 2 aromatic rings. The average Bonchev–Trinajstić information content (AvgIpc) is 2.79. The van der Waals surface area contributed by atoms with E-state index >= 15 is 0 Å². The third-order valence-electron chi connectivity index (χ3n) is 4.89. The van der Waals surface area contributed by atoms with Crippen LogP contribution in [0.2, 0.25) is 0 Å². The van der Waals surface area contributed by atoms with Crippen LogP contribution >= 0.6 is 12.2 Å². The van der Waals surface area contributed by atoms with Crippen molar-refractivity contribution in [3.05, 3.63) is 54.6 Å². The van der Waals surface area contributed by atoms with Crippen LogP contribution in [-0.2, 0) is 4.79 Å². The molecule has 0 spiro atoms. The predicted molar refractivity (Wildman–Crippen MR) is 125 cm³/mol. The molecule has 7 nitrogen and oxygen atoms in total. The van der Waals surface area contributed by atoms with Crippen LogP contribution in [0, 0.1) is 0 Å². The van der Waals surface area contributed by atoms with Gasteiger partial charge >= 0.3 is 0 Å². The molecule has 1 amide bonds. The van der Waals surface area contributed by atoms with Crippen LogP contribution in [0.25, 0.3) is 0 Å². The summed E-state index contributed by atoms with van der Waals surface area (Å²) in [5, 5.41) is 3.36. The van der Waals surface area contributed by atoms with Crippen LogP contribution in [0.5, 0.6) is 5.75 Å². The minimum Gasteiger partial charge on any atom is -0.494 e. The van der Waals surface area contributed by atoms with Crippen LogP contribution in [0.15, 0.2) is 54.6 Å². The molecule has 1 saturated heterocycles. The lowest BCUT2D eigenvalue weighted by Gasteiger charge is -2.36. The van der Waals surface area contributed by atoms with Crippen LogP contribution < -0.4 is 25.8 Å². The van der Waals surface area contributed by atoms with E-state index in [2.05, 4.69) is 50.2 Å². The molecule has 1 heterocycles. The molecule has 160 valence electrons. The number of hydrazine groups is 1. The van der Waals surface area contributed by atoms with Gasteiger partial charge in [0.15, 0.2) is 5.11 Å². The highest BCUT2D eigenvalue weighted by Gasteiger charge is 2.17. The van der Waals surface area contributed by atoms with Gasteiger partial charge in [0.1, 0.15) is 5.75 Å². The fourth-order valence-corrected chi connectivity index (χ4v) is 3.45. The zero-order valence-electron chi connectivity index (χ0n) is 17.3. The number of hydrogen-bond donors (Lipinski definition) is 3. The van der Waals surface area contributed by atoms with Crippen molar-refractivity contribution in [2.45, 2.75) is 13.3 Å². The Morgan fingerprint density at radius 1 is 1.00 bits per heavy atom. The van der Waals surface area contributed by atoms with Gasteiger partial charge in [-0.3, -0.25) is 20.5 Å². The summed E-state index contributed by atoms with van der Waals surface area (Å²) >= 11 is 5.22. The van der Waals surface area contributed by atoms with Crippen molar-refractivity contribution in [3.8, 4) is 5.75 Å². The maximum atomic E-state index is 12.1. The molecular weight excluding hydrogens is 398 g/mol. The van der Waals surface area contributed by atoms with Gasteiger partial charge in [0, 0.05) is 50.5 Å². The molecule has 0 unspecified atom stereocenters. The highest BCUT2D eigenvalue weighted by atomic mass is 32.1. The molecule has 0 saturated carbocycles. The van der Waals surface area contributed by atoms with Crippen molar-refractivity contribution in [1.29, 1.82) is 0 Å². The SMILES string of the molecule is CCOc1ccc(NC(=S)NNC(=O)CCN2CCN(c3ccccc3)CC2)cc1. The van der Waals surface area contributed by atoms with Gasteiger partial charge in [0.05, 0.1) is 6.61 Å². The Bertz CT molecular complexity index is 808. The second kappa shape index (κ2) is 11.4. The summed E-state index contributed by atoms with van der Waals surface area (Å²) in [5.74, 6) is 0.719. The first-order valence-corrected chi connectivity index (χ1v) is 10.7. The molecular formula is C22H29N5O2S. The Hall–Kier alpha value is -2.84. The van der Waals surface area contributed by atoms with Gasteiger partial charge < -0.3 is 15.0 Å². The van der Waals surface area contributed by atoms with Crippen molar-refractivity contribution in [1.82, 2.24) is 15.8 Å². The van der Waals surface area contributed by atoms with E-state index in [0.29, 0.717) is 18.1 Å². The molecule has 0 aromatic heterocycles. The number of nitrogens with zero attached hydrogens (tertiary/aromatic N) is 2. The maximum absolute atomic E-state index is 12.1. The second-order valence-electron chi connectivity index (χ2n) is 7.00. The number of hydrogen-bond acceptors (Lipinski definition) is 5. The molecule has 2 aromatic carbocycles. The van der Waals surface area contributed by atoms with E-state index in [-0.39, 0.29) is 5.91 Å². The van der Waals surface area contributed by atoms with Gasteiger partial charge in [-0.15, -0.1) is 0 Å². The maximum Gasteiger partial charge on any atom is 0.239 e. The van der Waals surface area contributed by atoms with E-state index in [1.807, 2.05) is 37.3 Å². The van der Waals surface area contributed by atoms with Crippen molar-refractivity contribution >= 4 is 34.6 Å². The van der Waals surface area contributed by atoms with Crippen LogP contribution in [0.4, 0.5) is 11.4 Å². The highest BCUT2D eigenvalue weighted by molar-refractivity contribution is 7.80. The Morgan fingerprint density at radius 2 is 1.70 bits per heavy atom. The minimum absolute atomic E-state index is 0.0867. The zero-order chi connectivity index (χ0) is 21.2. The number of thiocarbonyl (C=S) groups is 1. The van der Waals surface area contributed by atoms with Crippen LogP contribution in [0.1, 0.15) is 13.3 Å². The lowest BCUT2D eigenvalue weighted by Crippen LogP contribution is -2.48. The normalized spacial score (nSPS) is 14.1. The second-order valence-corrected chi connectivity index (χ2v) is 7.41. The molecule has 1 fully saturated rings. The average molecular weight is 428 g/mol. The van der Waals surface area contributed by atoms with Gasteiger partial charge in [-0.1, -0.05) is 18.2 Å². The monoisotopic (exact) mass is 427 g/mol. The first-order chi connectivity index (χ1) is 14.6. The lowest BCUT2D eigenvalue weighted by molar-refractivity contribution is -0.122. The molecule has 0 bridgehead atoms. The first kappa shape index (κ1) is 21.9. The number of ether oxygens (including phenoxy) is 1. The third kappa shape index (κ3) is 6.89. The number of piperazine rings is 1. The Morgan fingerprint density at radius 3 is 2.37 bits per heavy atom. The third-order valence-corrected chi connectivity index (χ3v) is 5.09. The number of anilines is 2. The van der Waals surface area contributed by atoms with Crippen molar-refractivity contribution in [2.75, 3.05) is 49.5 Å². The number of amides is 1. The molecule has 1 aliphatic heterocycles. The smallest absolute Gasteiger partial charge is 0.239 e.